The Morgan fingerprint density at radius 2 is 2.08 bits per heavy atom. The normalized spacial score (nSPS) is 15.2. The summed E-state index contributed by atoms with van der Waals surface area (Å²) >= 11 is 0. The first kappa shape index (κ1) is 18.2. The third-order valence-corrected chi connectivity index (χ3v) is 4.66. The van der Waals surface area contributed by atoms with E-state index in [9.17, 15) is 15.0 Å². The van der Waals surface area contributed by atoms with Crippen LogP contribution in [0, 0.1) is 0 Å². The molecular formula is C20H25N3O3. The molecule has 0 aliphatic carbocycles. The minimum Gasteiger partial charge on any atom is -0.508 e. The minimum absolute atomic E-state index is 0.194. The molecule has 4 N–H and O–H groups in total. The molecule has 6 heteroatoms. The van der Waals surface area contributed by atoms with Crippen LogP contribution in [0.3, 0.4) is 0 Å². The number of aromatic hydroxyl groups is 1. The smallest absolute Gasteiger partial charge is 0.251 e. The van der Waals surface area contributed by atoms with Gasteiger partial charge in [0.25, 0.3) is 5.91 Å². The standard InChI is InChI=1S/C20H25N3O3/c1-21-17-4-2-3-15(9-17)20(26)22-11-19(25)13-23-8-7-14-10-18(24)6-5-16(14)12-23/h2-6,9-10,19,21,24-25H,7-8,11-13H2,1H3,(H,22,26)/t19-/m1/s1. The molecule has 0 radical (unpaired) electrons. The maximum Gasteiger partial charge on any atom is 0.251 e. The van der Waals surface area contributed by atoms with E-state index < -0.39 is 6.10 Å². The van der Waals surface area contributed by atoms with E-state index in [1.54, 1.807) is 25.2 Å². The molecule has 2 aromatic rings. The zero-order valence-electron chi connectivity index (χ0n) is 14.9. The van der Waals surface area contributed by atoms with Crippen molar-refractivity contribution in [2.45, 2.75) is 19.1 Å². The fourth-order valence-corrected chi connectivity index (χ4v) is 3.24. The Morgan fingerprint density at radius 3 is 2.88 bits per heavy atom. The lowest BCUT2D eigenvalue weighted by Gasteiger charge is -2.30. The first-order valence-corrected chi connectivity index (χ1v) is 8.82. The van der Waals surface area contributed by atoms with E-state index in [1.165, 1.54) is 5.56 Å². The van der Waals surface area contributed by atoms with E-state index in [1.807, 2.05) is 24.3 Å². The first-order chi connectivity index (χ1) is 12.5. The van der Waals surface area contributed by atoms with Gasteiger partial charge in [0.15, 0.2) is 0 Å². The van der Waals surface area contributed by atoms with Gasteiger partial charge in [-0.15, -0.1) is 0 Å². The SMILES string of the molecule is CNc1cccc(C(=O)NC[C@@H](O)CN2CCc3cc(O)ccc3C2)c1. The van der Waals surface area contributed by atoms with Gasteiger partial charge in [0.1, 0.15) is 5.75 Å². The molecule has 138 valence electrons. The highest BCUT2D eigenvalue weighted by Gasteiger charge is 2.19. The lowest BCUT2D eigenvalue weighted by atomic mass is 9.99. The van der Waals surface area contributed by atoms with Gasteiger partial charge in [0, 0.05) is 44.5 Å². The molecule has 0 fully saturated rings. The molecule has 0 bridgehead atoms. The van der Waals surface area contributed by atoms with Gasteiger partial charge in [0.05, 0.1) is 6.10 Å². The minimum atomic E-state index is -0.634. The molecule has 2 aromatic carbocycles. The number of hydrogen-bond acceptors (Lipinski definition) is 5. The summed E-state index contributed by atoms with van der Waals surface area (Å²) in [6.45, 7) is 2.27. The Morgan fingerprint density at radius 1 is 1.23 bits per heavy atom. The lowest BCUT2D eigenvalue weighted by molar-refractivity contribution is 0.0842. The van der Waals surface area contributed by atoms with Crippen molar-refractivity contribution in [1.29, 1.82) is 0 Å². The molecule has 26 heavy (non-hydrogen) atoms. The summed E-state index contributed by atoms with van der Waals surface area (Å²) < 4.78 is 0. The van der Waals surface area contributed by atoms with Gasteiger partial charge in [-0.25, -0.2) is 0 Å². The van der Waals surface area contributed by atoms with E-state index in [0.29, 0.717) is 17.9 Å². The molecule has 6 nitrogen and oxygen atoms in total. The van der Waals surface area contributed by atoms with Crippen LogP contribution in [0.5, 0.6) is 5.75 Å². The number of phenols is 1. The van der Waals surface area contributed by atoms with Crippen LogP contribution in [-0.2, 0) is 13.0 Å². The number of fused-ring (bicyclic) bond motifs is 1. The van der Waals surface area contributed by atoms with Gasteiger partial charge in [-0.1, -0.05) is 12.1 Å². The number of anilines is 1. The Bertz CT molecular complexity index is 779. The largest absolute Gasteiger partial charge is 0.508 e. The number of nitrogens with one attached hydrogen (secondary N) is 2. The van der Waals surface area contributed by atoms with Gasteiger partial charge in [-0.2, -0.15) is 0 Å². The quantitative estimate of drug-likeness (QED) is 0.632. The average molecular weight is 355 g/mol. The second kappa shape index (κ2) is 8.21. The molecule has 0 saturated heterocycles. The summed E-state index contributed by atoms with van der Waals surface area (Å²) in [5.41, 5.74) is 3.77. The molecule has 0 saturated carbocycles. The number of β-amino-alcohol motifs (C(OH)–C–C–N with tert-alkyl or cyclic N) is 1. The van der Waals surface area contributed by atoms with E-state index >= 15 is 0 Å². The van der Waals surface area contributed by atoms with E-state index in [-0.39, 0.29) is 12.5 Å². The van der Waals surface area contributed by atoms with Crippen molar-refractivity contribution in [1.82, 2.24) is 10.2 Å². The molecule has 1 atom stereocenters. The number of hydrogen-bond donors (Lipinski definition) is 4. The van der Waals surface area contributed by atoms with E-state index in [4.69, 9.17) is 0 Å². The second-order valence-electron chi connectivity index (χ2n) is 6.63. The number of aliphatic hydroxyl groups is 1. The maximum atomic E-state index is 12.2. The van der Waals surface area contributed by atoms with Gasteiger partial charge >= 0.3 is 0 Å². The molecule has 1 heterocycles. The highest BCUT2D eigenvalue weighted by Crippen LogP contribution is 2.23. The summed E-state index contributed by atoms with van der Waals surface area (Å²) in [6, 6.07) is 12.7. The van der Waals surface area contributed by atoms with Crippen molar-refractivity contribution < 1.29 is 15.0 Å². The lowest BCUT2D eigenvalue weighted by Crippen LogP contribution is -2.42. The number of aliphatic hydroxyl groups excluding tert-OH is 1. The Hall–Kier alpha value is -2.57. The van der Waals surface area contributed by atoms with Gasteiger partial charge in [-0.3, -0.25) is 9.69 Å². The third-order valence-electron chi connectivity index (χ3n) is 4.66. The third kappa shape index (κ3) is 4.53. The van der Waals surface area contributed by atoms with Crippen LogP contribution in [0.25, 0.3) is 0 Å². The molecule has 1 amide bonds. The van der Waals surface area contributed by atoms with Crippen LogP contribution in [0.15, 0.2) is 42.5 Å². The predicted molar refractivity (Wildman–Crippen MR) is 101 cm³/mol. The number of amides is 1. The van der Waals surface area contributed by atoms with Crippen LogP contribution in [-0.4, -0.2) is 53.8 Å². The number of carbonyl (C=O) groups is 1. The van der Waals surface area contributed by atoms with Crippen molar-refractivity contribution >= 4 is 11.6 Å². The molecule has 3 rings (SSSR count). The van der Waals surface area contributed by atoms with Crippen molar-refractivity contribution in [3.8, 4) is 5.75 Å². The van der Waals surface area contributed by atoms with Crippen LogP contribution < -0.4 is 10.6 Å². The number of nitrogens with zero attached hydrogens (tertiary/aromatic N) is 1. The zero-order valence-corrected chi connectivity index (χ0v) is 14.9. The van der Waals surface area contributed by atoms with Gasteiger partial charge in [-0.05, 0) is 47.9 Å². The van der Waals surface area contributed by atoms with Crippen LogP contribution in [0.4, 0.5) is 5.69 Å². The summed E-state index contributed by atoms with van der Waals surface area (Å²) in [6.07, 6.45) is 0.213. The maximum absolute atomic E-state index is 12.2. The number of rotatable bonds is 6. The number of phenolic OH excluding ortho intramolecular Hbond substituents is 1. The first-order valence-electron chi connectivity index (χ1n) is 8.82. The Kier molecular flexibility index (Phi) is 5.75. The fourth-order valence-electron chi connectivity index (χ4n) is 3.24. The van der Waals surface area contributed by atoms with Crippen LogP contribution in [0.1, 0.15) is 21.5 Å². The van der Waals surface area contributed by atoms with Crippen LogP contribution >= 0.6 is 0 Å². The molecule has 0 aromatic heterocycles. The molecule has 0 unspecified atom stereocenters. The molecule has 1 aliphatic heterocycles. The average Bonchev–Trinajstić information content (AvgIpc) is 2.66. The van der Waals surface area contributed by atoms with Crippen molar-refractivity contribution in [3.05, 3.63) is 59.2 Å². The molecule has 1 aliphatic rings. The van der Waals surface area contributed by atoms with E-state index in [0.717, 1.165) is 30.8 Å². The number of carbonyl (C=O) groups excluding carboxylic acids is 1. The summed E-state index contributed by atoms with van der Waals surface area (Å²) in [5.74, 6) is 0.0999. The van der Waals surface area contributed by atoms with E-state index in [2.05, 4.69) is 15.5 Å². The Balaban J connectivity index is 1.49. The van der Waals surface area contributed by atoms with Crippen molar-refractivity contribution in [2.75, 3.05) is 32.0 Å². The highest BCUT2D eigenvalue weighted by atomic mass is 16.3. The predicted octanol–water partition coefficient (Wildman–Crippen LogP) is 1.58. The van der Waals surface area contributed by atoms with Crippen molar-refractivity contribution in [2.24, 2.45) is 0 Å². The highest BCUT2D eigenvalue weighted by molar-refractivity contribution is 5.95. The summed E-state index contributed by atoms with van der Waals surface area (Å²) in [5, 5.41) is 25.6. The summed E-state index contributed by atoms with van der Waals surface area (Å²) in [7, 11) is 1.80. The second-order valence-corrected chi connectivity index (χ2v) is 6.63. The fraction of sp³-hybridized carbons (Fsp3) is 0.350. The van der Waals surface area contributed by atoms with Gasteiger partial charge in [0.2, 0.25) is 0 Å². The topological polar surface area (TPSA) is 84.8 Å². The zero-order chi connectivity index (χ0) is 18.5. The Labute approximate surface area is 153 Å². The molecular weight excluding hydrogens is 330 g/mol. The monoisotopic (exact) mass is 355 g/mol. The van der Waals surface area contributed by atoms with Gasteiger partial charge < -0.3 is 20.8 Å². The number of benzene rings is 2. The molecule has 0 spiro atoms. The van der Waals surface area contributed by atoms with Crippen LogP contribution in [0.2, 0.25) is 0 Å². The van der Waals surface area contributed by atoms with Crippen molar-refractivity contribution in [3.63, 3.8) is 0 Å². The summed E-state index contributed by atoms with van der Waals surface area (Å²) in [4.78, 5) is 14.4.